The summed E-state index contributed by atoms with van der Waals surface area (Å²) in [6, 6.07) is -0.880. The summed E-state index contributed by atoms with van der Waals surface area (Å²) in [6.45, 7) is 3.71. The molecule has 0 spiro atoms. The van der Waals surface area contributed by atoms with Crippen molar-refractivity contribution >= 4 is 41.5 Å². The number of aliphatic carboxylic acids is 2. The molecule has 48 heavy (non-hydrogen) atoms. The van der Waals surface area contributed by atoms with E-state index in [1.807, 2.05) is 0 Å². The van der Waals surface area contributed by atoms with Crippen LogP contribution in [0, 0.1) is 5.92 Å². The number of unbranched alkanes of at least 4 members (excludes halogenated alkanes) is 1. The maximum absolute atomic E-state index is 13.3. The van der Waals surface area contributed by atoms with E-state index in [0.29, 0.717) is 31.4 Å². The smallest absolute Gasteiger partial charge is 0.326 e. The number of amides is 4. The number of nitrogens with zero attached hydrogens (tertiary/aromatic N) is 1. The Labute approximate surface area is 278 Å². The molecule has 0 aliphatic heterocycles. The molecule has 0 bridgehead atoms. The topological polar surface area (TPSA) is 328 Å². The number of rotatable bonds is 22. The molecule has 0 saturated carbocycles. The van der Waals surface area contributed by atoms with Crippen LogP contribution in [0.2, 0.25) is 0 Å². The Morgan fingerprint density at radius 2 is 1.35 bits per heavy atom. The first-order chi connectivity index (χ1) is 22.5. The number of carboxylic acids is 2. The zero-order valence-corrected chi connectivity index (χ0v) is 27.2. The number of carboxylic acid groups (broad SMARTS) is 2. The van der Waals surface area contributed by atoms with Crippen molar-refractivity contribution in [1.29, 1.82) is 0 Å². The van der Waals surface area contributed by atoms with Crippen molar-refractivity contribution < 1.29 is 44.1 Å². The number of carbonyl (C=O) groups is 6. The van der Waals surface area contributed by atoms with Crippen LogP contribution in [-0.2, 0) is 35.2 Å². The Bertz CT molecular complexity index is 1270. The summed E-state index contributed by atoms with van der Waals surface area (Å²) >= 11 is 0. The van der Waals surface area contributed by atoms with E-state index >= 15 is 0 Å². The molecule has 0 saturated heterocycles. The molecule has 0 heterocycles. The van der Waals surface area contributed by atoms with Crippen LogP contribution in [0.25, 0.3) is 0 Å². The Morgan fingerprint density at radius 3 is 1.90 bits per heavy atom. The second-order valence-electron chi connectivity index (χ2n) is 11.6. The number of aliphatic imine (C=N–C) groups is 1. The minimum Gasteiger partial charge on any atom is -0.508 e. The molecule has 0 aromatic heterocycles. The van der Waals surface area contributed by atoms with Crippen LogP contribution in [0.4, 0.5) is 0 Å². The predicted octanol–water partition coefficient (Wildman–Crippen LogP) is -2.40. The molecule has 15 N–H and O–H groups in total. The largest absolute Gasteiger partial charge is 0.508 e. The predicted molar refractivity (Wildman–Crippen MR) is 175 cm³/mol. The van der Waals surface area contributed by atoms with Crippen LogP contribution < -0.4 is 44.2 Å². The molecule has 5 atom stereocenters. The van der Waals surface area contributed by atoms with Gasteiger partial charge in [0.1, 0.15) is 29.9 Å². The van der Waals surface area contributed by atoms with Crippen molar-refractivity contribution in [3.63, 3.8) is 0 Å². The Morgan fingerprint density at radius 1 is 0.771 bits per heavy atom. The van der Waals surface area contributed by atoms with E-state index in [1.54, 1.807) is 13.8 Å². The van der Waals surface area contributed by atoms with E-state index in [2.05, 4.69) is 26.3 Å². The molecule has 0 radical (unpaired) electrons. The van der Waals surface area contributed by atoms with E-state index in [4.69, 9.17) is 22.9 Å². The van der Waals surface area contributed by atoms with Gasteiger partial charge in [0.05, 0.1) is 12.5 Å². The van der Waals surface area contributed by atoms with Gasteiger partial charge >= 0.3 is 11.9 Å². The second kappa shape index (κ2) is 21.0. The molecule has 1 rings (SSSR count). The fourth-order valence-electron chi connectivity index (χ4n) is 4.47. The molecule has 4 amide bonds. The van der Waals surface area contributed by atoms with E-state index in [0.717, 1.165) is 0 Å². The van der Waals surface area contributed by atoms with Crippen LogP contribution in [0.15, 0.2) is 29.3 Å². The van der Waals surface area contributed by atoms with Crippen molar-refractivity contribution in [2.24, 2.45) is 33.8 Å². The fourth-order valence-corrected chi connectivity index (χ4v) is 4.47. The van der Waals surface area contributed by atoms with Gasteiger partial charge in [0.2, 0.25) is 23.6 Å². The number of nitrogens with one attached hydrogen (secondary N) is 4. The molecule has 0 fully saturated rings. The molecule has 18 nitrogen and oxygen atoms in total. The molecule has 0 aliphatic carbocycles. The first kappa shape index (κ1) is 41.1. The van der Waals surface area contributed by atoms with Gasteiger partial charge in [0, 0.05) is 13.0 Å². The van der Waals surface area contributed by atoms with Gasteiger partial charge in [-0.05, 0) is 62.3 Å². The number of nitrogens with two attached hydrogens (primary N) is 4. The molecule has 268 valence electrons. The number of phenols is 1. The van der Waals surface area contributed by atoms with Crippen molar-refractivity contribution in [2.45, 2.75) is 89.0 Å². The van der Waals surface area contributed by atoms with Gasteiger partial charge in [0.15, 0.2) is 5.96 Å². The summed E-state index contributed by atoms with van der Waals surface area (Å²) in [5.74, 6) is -6.91. The van der Waals surface area contributed by atoms with Crippen LogP contribution in [-0.4, -0.2) is 100 Å². The SMILES string of the molecule is CC(C)[C@H](NC(=O)[C@H](CC(=O)O)NC(=O)[C@H](CCCCN)NC(=O)C(N)CCCN=C(N)N)C(=O)N[C@@H](Cc1ccc(O)cc1)C(=O)O. The van der Waals surface area contributed by atoms with Crippen LogP contribution in [0.3, 0.4) is 0 Å². The molecule has 1 aromatic carbocycles. The number of guanidine groups is 1. The van der Waals surface area contributed by atoms with Gasteiger partial charge in [-0.3, -0.25) is 29.0 Å². The van der Waals surface area contributed by atoms with Crippen molar-refractivity contribution in [3.8, 4) is 5.75 Å². The average Bonchev–Trinajstić information content (AvgIpc) is 3.00. The second-order valence-corrected chi connectivity index (χ2v) is 11.6. The number of hydrogen-bond donors (Lipinski definition) is 11. The van der Waals surface area contributed by atoms with Crippen LogP contribution >= 0.6 is 0 Å². The van der Waals surface area contributed by atoms with Gasteiger partial charge in [-0.1, -0.05) is 26.0 Å². The highest BCUT2D eigenvalue weighted by Crippen LogP contribution is 2.13. The normalized spacial score (nSPS) is 14.0. The number of phenolic OH excluding ortho intramolecular Hbond substituents is 1. The number of benzene rings is 1. The van der Waals surface area contributed by atoms with E-state index < -0.39 is 78.1 Å². The third-order valence-corrected chi connectivity index (χ3v) is 7.13. The molecular weight excluding hydrogens is 630 g/mol. The molecule has 0 aliphatic rings. The van der Waals surface area contributed by atoms with Crippen LogP contribution in [0.5, 0.6) is 5.75 Å². The monoisotopic (exact) mass is 679 g/mol. The third kappa shape index (κ3) is 15.5. The Hall–Kier alpha value is -4.97. The quantitative estimate of drug-likeness (QED) is 0.0346. The zero-order chi connectivity index (χ0) is 36.4. The summed E-state index contributed by atoms with van der Waals surface area (Å²) < 4.78 is 0. The van der Waals surface area contributed by atoms with Gasteiger partial charge in [0.25, 0.3) is 0 Å². The first-order valence-electron chi connectivity index (χ1n) is 15.5. The third-order valence-electron chi connectivity index (χ3n) is 7.13. The fraction of sp³-hybridized carbons (Fsp3) is 0.567. The lowest BCUT2D eigenvalue weighted by Crippen LogP contribution is -2.59. The Balaban J connectivity index is 3.07. The molecule has 1 aromatic rings. The summed E-state index contributed by atoms with van der Waals surface area (Å²) in [5.41, 5.74) is 22.6. The van der Waals surface area contributed by atoms with E-state index in [9.17, 15) is 44.1 Å². The average molecular weight is 680 g/mol. The summed E-state index contributed by atoms with van der Waals surface area (Å²) in [7, 11) is 0. The van der Waals surface area contributed by atoms with Gasteiger partial charge in [-0.25, -0.2) is 4.79 Å². The lowest BCUT2D eigenvalue weighted by Gasteiger charge is -2.27. The lowest BCUT2D eigenvalue weighted by atomic mass is 10.0. The van der Waals surface area contributed by atoms with E-state index in [-0.39, 0.29) is 37.5 Å². The molecular formula is C30H49N9O9. The van der Waals surface area contributed by atoms with Crippen molar-refractivity contribution in [2.75, 3.05) is 13.1 Å². The summed E-state index contributed by atoms with van der Waals surface area (Å²) in [4.78, 5) is 80.0. The Kier molecular flexibility index (Phi) is 18.0. The lowest BCUT2D eigenvalue weighted by molar-refractivity contribution is -0.143. The van der Waals surface area contributed by atoms with Gasteiger partial charge < -0.3 is 59.5 Å². The number of hydrogen-bond acceptors (Lipinski definition) is 10. The van der Waals surface area contributed by atoms with Gasteiger partial charge in [-0.2, -0.15) is 0 Å². The summed E-state index contributed by atoms with van der Waals surface area (Å²) in [5, 5.41) is 38.4. The highest BCUT2D eigenvalue weighted by atomic mass is 16.4. The zero-order valence-electron chi connectivity index (χ0n) is 27.2. The van der Waals surface area contributed by atoms with Crippen molar-refractivity contribution in [1.82, 2.24) is 21.3 Å². The highest BCUT2D eigenvalue weighted by Gasteiger charge is 2.34. The van der Waals surface area contributed by atoms with Gasteiger partial charge in [-0.15, -0.1) is 0 Å². The highest BCUT2D eigenvalue weighted by molar-refractivity contribution is 5.96. The maximum Gasteiger partial charge on any atom is 0.326 e. The minimum atomic E-state index is -1.67. The number of aromatic hydroxyl groups is 1. The minimum absolute atomic E-state index is 0.0240. The molecule has 1 unspecified atom stereocenters. The maximum atomic E-state index is 13.3. The summed E-state index contributed by atoms with van der Waals surface area (Å²) in [6.07, 6.45) is 0.608. The van der Waals surface area contributed by atoms with Crippen LogP contribution in [0.1, 0.15) is 57.9 Å². The van der Waals surface area contributed by atoms with E-state index in [1.165, 1.54) is 24.3 Å². The first-order valence-corrected chi connectivity index (χ1v) is 15.5. The number of carbonyl (C=O) groups excluding carboxylic acids is 4. The molecule has 18 heteroatoms. The van der Waals surface area contributed by atoms with Crippen molar-refractivity contribution in [3.05, 3.63) is 29.8 Å². The standard InChI is InChI=1S/C30H49N9O9/c1-16(2)24(28(46)38-22(29(47)48)14-17-8-10-18(40)11-9-17)39-27(45)21(15-23(41)42)37-26(44)20(7-3-4-12-31)36-25(43)19(32)6-5-13-35-30(33)34/h8-11,16,19-22,24,40H,3-7,12-15,31-32H2,1-2H3,(H,36,43)(H,37,44)(H,38,46)(H,39,45)(H,41,42)(H,47,48)(H4,33,34,35)/t19?,20-,21-,22-,24-/m0/s1.